The highest BCUT2D eigenvalue weighted by atomic mass is 16.1. The lowest BCUT2D eigenvalue weighted by Gasteiger charge is -2.05. The molecule has 1 aromatic carbocycles. The lowest BCUT2D eigenvalue weighted by atomic mass is 10.1. The molecular formula is C20H17N5O. The van der Waals surface area contributed by atoms with Crippen LogP contribution in [0.1, 0.15) is 21.7 Å². The van der Waals surface area contributed by atoms with E-state index in [0.717, 1.165) is 27.9 Å². The molecule has 0 aliphatic rings. The first-order valence-corrected chi connectivity index (χ1v) is 8.30. The molecule has 3 heterocycles. The molecule has 0 aliphatic heterocycles. The van der Waals surface area contributed by atoms with Crippen LogP contribution in [-0.4, -0.2) is 32.9 Å². The number of carbonyl (C=O) groups is 1. The smallest absolute Gasteiger partial charge is 0.253 e. The first-order chi connectivity index (χ1) is 12.7. The molecule has 0 spiro atoms. The summed E-state index contributed by atoms with van der Waals surface area (Å²) in [6, 6.07) is 13.6. The molecule has 0 bridgehead atoms. The predicted molar refractivity (Wildman–Crippen MR) is 99.8 cm³/mol. The average molecular weight is 343 g/mol. The summed E-state index contributed by atoms with van der Waals surface area (Å²) in [5.74, 6) is 0.603. The van der Waals surface area contributed by atoms with Gasteiger partial charge in [0.15, 0.2) is 0 Å². The van der Waals surface area contributed by atoms with Crippen LogP contribution in [0.4, 0.5) is 0 Å². The van der Waals surface area contributed by atoms with Crippen molar-refractivity contribution in [3.63, 3.8) is 0 Å². The quantitative estimate of drug-likeness (QED) is 0.597. The number of carbonyl (C=O) groups excluding carboxylic acids is 1. The Hall–Kier alpha value is -3.54. The number of pyridine rings is 1. The molecule has 6 nitrogen and oxygen atoms in total. The van der Waals surface area contributed by atoms with E-state index in [1.165, 1.54) is 0 Å². The first kappa shape index (κ1) is 16.0. The van der Waals surface area contributed by atoms with E-state index in [9.17, 15) is 4.79 Å². The zero-order chi connectivity index (χ0) is 17.9. The lowest BCUT2D eigenvalue weighted by Crippen LogP contribution is -2.17. The van der Waals surface area contributed by atoms with Crippen LogP contribution >= 0.6 is 0 Å². The molecule has 26 heavy (non-hydrogen) atoms. The van der Waals surface area contributed by atoms with Crippen LogP contribution in [0.3, 0.4) is 0 Å². The van der Waals surface area contributed by atoms with Crippen LogP contribution < -0.4 is 5.32 Å². The summed E-state index contributed by atoms with van der Waals surface area (Å²) >= 11 is 0. The van der Waals surface area contributed by atoms with E-state index in [1.54, 1.807) is 25.6 Å². The third-order valence-electron chi connectivity index (χ3n) is 4.21. The van der Waals surface area contributed by atoms with Crippen LogP contribution in [0, 0.1) is 0 Å². The minimum absolute atomic E-state index is 0.109. The maximum absolute atomic E-state index is 12.0. The Labute approximate surface area is 150 Å². The molecule has 0 saturated heterocycles. The molecule has 2 N–H and O–H groups in total. The SMILES string of the molecule is CNC(=O)c1c[nH]c2ccc(Cc3nccc(-c4ccccn4)n3)cc12. The van der Waals surface area contributed by atoms with Crippen molar-refractivity contribution >= 4 is 16.8 Å². The predicted octanol–water partition coefficient (Wildman–Crippen LogP) is 2.97. The Morgan fingerprint density at radius 2 is 2.00 bits per heavy atom. The van der Waals surface area contributed by atoms with Gasteiger partial charge in [-0.15, -0.1) is 0 Å². The summed E-state index contributed by atoms with van der Waals surface area (Å²) < 4.78 is 0. The van der Waals surface area contributed by atoms with Crippen molar-refractivity contribution in [2.75, 3.05) is 7.05 Å². The first-order valence-electron chi connectivity index (χ1n) is 8.30. The van der Waals surface area contributed by atoms with Crippen molar-refractivity contribution in [3.05, 3.63) is 78.0 Å². The molecule has 0 unspecified atom stereocenters. The molecule has 3 aromatic heterocycles. The van der Waals surface area contributed by atoms with Gasteiger partial charge in [0.25, 0.3) is 5.91 Å². The number of benzene rings is 1. The highest BCUT2D eigenvalue weighted by Gasteiger charge is 2.12. The summed E-state index contributed by atoms with van der Waals surface area (Å²) in [6.07, 6.45) is 5.80. The summed E-state index contributed by atoms with van der Waals surface area (Å²) in [5.41, 5.74) is 4.21. The van der Waals surface area contributed by atoms with Crippen molar-refractivity contribution in [2.45, 2.75) is 6.42 Å². The second-order valence-corrected chi connectivity index (χ2v) is 5.91. The minimum atomic E-state index is -0.109. The fourth-order valence-corrected chi connectivity index (χ4v) is 2.92. The van der Waals surface area contributed by atoms with Crippen molar-refractivity contribution in [1.29, 1.82) is 0 Å². The van der Waals surface area contributed by atoms with Gasteiger partial charge in [0.2, 0.25) is 0 Å². The van der Waals surface area contributed by atoms with Gasteiger partial charge in [-0.25, -0.2) is 9.97 Å². The maximum Gasteiger partial charge on any atom is 0.253 e. The molecule has 0 atom stereocenters. The van der Waals surface area contributed by atoms with Crippen LogP contribution in [0.2, 0.25) is 0 Å². The molecule has 0 saturated carbocycles. The summed E-state index contributed by atoms with van der Waals surface area (Å²) in [6.45, 7) is 0. The molecule has 4 aromatic rings. The summed E-state index contributed by atoms with van der Waals surface area (Å²) in [4.78, 5) is 28.4. The number of hydrogen-bond donors (Lipinski definition) is 2. The number of nitrogens with zero attached hydrogens (tertiary/aromatic N) is 3. The van der Waals surface area contributed by atoms with Gasteiger partial charge in [-0.1, -0.05) is 12.1 Å². The maximum atomic E-state index is 12.0. The fraction of sp³-hybridized carbons (Fsp3) is 0.100. The highest BCUT2D eigenvalue weighted by molar-refractivity contribution is 6.06. The largest absolute Gasteiger partial charge is 0.360 e. The zero-order valence-electron chi connectivity index (χ0n) is 14.2. The number of fused-ring (bicyclic) bond motifs is 1. The van der Waals surface area contributed by atoms with E-state index in [2.05, 4.69) is 25.3 Å². The third kappa shape index (κ3) is 3.04. The van der Waals surface area contributed by atoms with Gasteiger partial charge in [-0.05, 0) is 35.9 Å². The number of aromatic nitrogens is 4. The topological polar surface area (TPSA) is 83.6 Å². The van der Waals surface area contributed by atoms with Crippen LogP contribution in [-0.2, 0) is 6.42 Å². The van der Waals surface area contributed by atoms with Gasteiger partial charge in [0, 0.05) is 43.0 Å². The highest BCUT2D eigenvalue weighted by Crippen LogP contribution is 2.21. The standard InChI is InChI=1S/C20H17N5O/c1-21-20(26)15-12-24-16-6-5-13(10-14(15)16)11-19-23-9-7-18(25-19)17-4-2-3-8-22-17/h2-10,12,24H,11H2,1H3,(H,21,26). The van der Waals surface area contributed by atoms with Crippen LogP contribution in [0.25, 0.3) is 22.3 Å². The molecule has 6 heteroatoms. The Morgan fingerprint density at radius 1 is 1.08 bits per heavy atom. The molecule has 0 fully saturated rings. The Balaban J connectivity index is 1.66. The van der Waals surface area contributed by atoms with Gasteiger partial charge < -0.3 is 10.3 Å². The van der Waals surface area contributed by atoms with Gasteiger partial charge in [0.05, 0.1) is 17.0 Å². The van der Waals surface area contributed by atoms with E-state index in [-0.39, 0.29) is 5.91 Å². The van der Waals surface area contributed by atoms with Gasteiger partial charge in [-0.3, -0.25) is 9.78 Å². The average Bonchev–Trinajstić information content (AvgIpc) is 3.11. The van der Waals surface area contributed by atoms with Crippen LogP contribution in [0.5, 0.6) is 0 Å². The number of aromatic amines is 1. The number of hydrogen-bond acceptors (Lipinski definition) is 4. The molecule has 0 aliphatic carbocycles. The second kappa shape index (κ2) is 6.76. The Bertz CT molecular complexity index is 1070. The van der Waals surface area contributed by atoms with E-state index in [0.29, 0.717) is 17.8 Å². The number of nitrogens with one attached hydrogen (secondary N) is 2. The molecule has 4 rings (SSSR count). The van der Waals surface area contributed by atoms with E-state index in [1.807, 2.05) is 42.5 Å². The number of rotatable bonds is 4. The van der Waals surface area contributed by atoms with Crippen molar-refractivity contribution in [2.24, 2.45) is 0 Å². The van der Waals surface area contributed by atoms with Gasteiger partial charge in [0.1, 0.15) is 5.82 Å². The Kier molecular flexibility index (Phi) is 4.15. The second-order valence-electron chi connectivity index (χ2n) is 5.91. The van der Waals surface area contributed by atoms with Crippen molar-refractivity contribution in [3.8, 4) is 11.4 Å². The van der Waals surface area contributed by atoms with Gasteiger partial charge >= 0.3 is 0 Å². The third-order valence-corrected chi connectivity index (χ3v) is 4.21. The summed E-state index contributed by atoms with van der Waals surface area (Å²) in [7, 11) is 1.63. The Morgan fingerprint density at radius 3 is 2.81 bits per heavy atom. The fourth-order valence-electron chi connectivity index (χ4n) is 2.92. The number of amides is 1. The number of H-pyrrole nitrogens is 1. The molecule has 1 amide bonds. The molecule has 0 radical (unpaired) electrons. The molecular weight excluding hydrogens is 326 g/mol. The van der Waals surface area contributed by atoms with E-state index >= 15 is 0 Å². The van der Waals surface area contributed by atoms with E-state index < -0.39 is 0 Å². The normalized spacial score (nSPS) is 10.8. The minimum Gasteiger partial charge on any atom is -0.360 e. The van der Waals surface area contributed by atoms with Crippen molar-refractivity contribution < 1.29 is 4.79 Å². The lowest BCUT2D eigenvalue weighted by molar-refractivity contribution is 0.0965. The van der Waals surface area contributed by atoms with Crippen molar-refractivity contribution in [1.82, 2.24) is 25.3 Å². The monoisotopic (exact) mass is 343 g/mol. The zero-order valence-corrected chi connectivity index (χ0v) is 14.2. The molecule has 128 valence electrons. The van der Waals surface area contributed by atoms with Crippen LogP contribution in [0.15, 0.2) is 61.1 Å². The van der Waals surface area contributed by atoms with Gasteiger partial charge in [-0.2, -0.15) is 0 Å². The summed E-state index contributed by atoms with van der Waals surface area (Å²) in [5, 5.41) is 3.56. The van der Waals surface area contributed by atoms with E-state index in [4.69, 9.17) is 0 Å².